The summed E-state index contributed by atoms with van der Waals surface area (Å²) in [5.74, 6) is 0.799. The number of hydrogen-bond donors (Lipinski definition) is 2. The predicted molar refractivity (Wildman–Crippen MR) is 135 cm³/mol. The van der Waals surface area contributed by atoms with E-state index >= 15 is 0 Å². The van der Waals surface area contributed by atoms with Gasteiger partial charge in [0.25, 0.3) is 0 Å². The van der Waals surface area contributed by atoms with Crippen LogP contribution in [0.5, 0.6) is 0 Å². The van der Waals surface area contributed by atoms with Crippen molar-refractivity contribution in [3.63, 3.8) is 0 Å². The first-order valence-corrected chi connectivity index (χ1v) is 10.9. The summed E-state index contributed by atoms with van der Waals surface area (Å²) in [6.07, 6.45) is 1.84. The molecule has 160 valence electrons. The number of fused-ring (bicyclic) bond motifs is 1. The summed E-state index contributed by atoms with van der Waals surface area (Å²) in [5.41, 5.74) is 2.19. The van der Waals surface area contributed by atoms with E-state index in [4.69, 9.17) is 4.74 Å². The number of nitrogens with one attached hydrogen (secondary N) is 2. The number of benzene rings is 1. The van der Waals surface area contributed by atoms with Gasteiger partial charge < -0.3 is 15.4 Å². The van der Waals surface area contributed by atoms with Gasteiger partial charge in [-0.1, -0.05) is 30.3 Å². The van der Waals surface area contributed by atoms with E-state index in [1.165, 1.54) is 4.88 Å². The maximum absolute atomic E-state index is 5.54. The minimum Gasteiger partial charge on any atom is -0.379 e. The molecule has 3 aromatic rings. The van der Waals surface area contributed by atoms with E-state index in [2.05, 4.69) is 67.3 Å². The van der Waals surface area contributed by atoms with E-state index in [0.717, 1.165) is 55.3 Å². The Morgan fingerprint density at radius 3 is 2.77 bits per heavy atom. The van der Waals surface area contributed by atoms with Crippen LogP contribution in [0, 0.1) is 0 Å². The molecule has 0 aliphatic carbocycles. The number of aliphatic imine (C=N–C) groups is 1. The van der Waals surface area contributed by atoms with Gasteiger partial charge in [-0.15, -0.1) is 35.3 Å². The molecule has 3 heterocycles. The van der Waals surface area contributed by atoms with E-state index in [0.29, 0.717) is 12.6 Å². The third kappa shape index (κ3) is 5.69. The van der Waals surface area contributed by atoms with Gasteiger partial charge in [0, 0.05) is 49.7 Å². The maximum Gasteiger partial charge on any atom is 0.191 e. The second-order valence-electron chi connectivity index (χ2n) is 6.98. The van der Waals surface area contributed by atoms with Gasteiger partial charge >= 0.3 is 0 Å². The molecule has 1 aliphatic rings. The lowest BCUT2D eigenvalue weighted by molar-refractivity contribution is 0.0177. The Bertz CT molecular complexity index is 938. The summed E-state index contributed by atoms with van der Waals surface area (Å²) in [7, 11) is 1.81. The Labute approximate surface area is 198 Å². The van der Waals surface area contributed by atoms with Gasteiger partial charge in [-0.2, -0.15) is 0 Å². The number of pyridine rings is 1. The summed E-state index contributed by atoms with van der Waals surface area (Å²) in [6.45, 7) is 4.98. The number of aromatic nitrogens is 1. The molecule has 2 aromatic heterocycles. The quantitative estimate of drug-likeness (QED) is 0.286. The average molecular weight is 537 g/mol. The van der Waals surface area contributed by atoms with Crippen LogP contribution in [0.2, 0.25) is 0 Å². The van der Waals surface area contributed by atoms with Crippen LogP contribution in [0.1, 0.15) is 16.5 Å². The Morgan fingerprint density at radius 2 is 2.00 bits per heavy atom. The molecule has 0 spiro atoms. The summed E-state index contributed by atoms with van der Waals surface area (Å²) >= 11 is 1.80. The third-order valence-electron chi connectivity index (χ3n) is 5.21. The average Bonchev–Trinajstić information content (AvgIpc) is 3.31. The summed E-state index contributed by atoms with van der Waals surface area (Å²) in [6, 6.07) is 15.0. The number of rotatable bonds is 6. The fraction of sp³-hybridized carbons (Fsp3) is 0.364. The van der Waals surface area contributed by atoms with Gasteiger partial charge in [-0.25, -0.2) is 0 Å². The fourth-order valence-electron chi connectivity index (χ4n) is 3.68. The Morgan fingerprint density at radius 1 is 1.17 bits per heavy atom. The Kier molecular flexibility index (Phi) is 8.86. The molecule has 1 atom stereocenters. The van der Waals surface area contributed by atoms with Crippen molar-refractivity contribution in [1.29, 1.82) is 0 Å². The van der Waals surface area contributed by atoms with Crippen LogP contribution in [0.15, 0.2) is 59.0 Å². The standard InChI is InChI=1S/C22H27N5OS.HI/c1-23-22(25-15-18-6-2-5-17-7-3-9-24-21(17)18)26-16-19(20-8-4-14-29-20)27-10-12-28-13-11-27;/h2-9,14,19H,10-13,15-16H2,1H3,(H2,23,25,26);1H. The molecule has 1 aliphatic heterocycles. The molecule has 8 heteroatoms. The number of halogens is 1. The highest BCUT2D eigenvalue weighted by Gasteiger charge is 2.23. The molecule has 0 saturated carbocycles. The van der Waals surface area contributed by atoms with Gasteiger partial charge in [0.15, 0.2) is 5.96 Å². The topological polar surface area (TPSA) is 61.8 Å². The van der Waals surface area contributed by atoms with Crippen LogP contribution >= 0.6 is 35.3 Å². The van der Waals surface area contributed by atoms with Crippen LogP contribution in [0.4, 0.5) is 0 Å². The van der Waals surface area contributed by atoms with E-state index in [1.54, 1.807) is 11.3 Å². The number of hydrogen-bond acceptors (Lipinski definition) is 5. The van der Waals surface area contributed by atoms with Crippen LogP contribution in [0.3, 0.4) is 0 Å². The van der Waals surface area contributed by atoms with Gasteiger partial charge in [0.05, 0.1) is 24.8 Å². The van der Waals surface area contributed by atoms with E-state index in [1.807, 2.05) is 19.3 Å². The summed E-state index contributed by atoms with van der Waals surface area (Å²) in [4.78, 5) is 12.8. The van der Waals surface area contributed by atoms with Gasteiger partial charge in [0.1, 0.15) is 0 Å². The van der Waals surface area contributed by atoms with Gasteiger partial charge in [0.2, 0.25) is 0 Å². The molecule has 30 heavy (non-hydrogen) atoms. The lowest BCUT2D eigenvalue weighted by atomic mass is 10.1. The molecular formula is C22H28IN5OS. The molecule has 1 fully saturated rings. The van der Waals surface area contributed by atoms with Crippen molar-refractivity contribution in [1.82, 2.24) is 20.5 Å². The fourth-order valence-corrected chi connectivity index (χ4v) is 4.54. The largest absolute Gasteiger partial charge is 0.379 e. The molecule has 0 bridgehead atoms. The number of ether oxygens (including phenoxy) is 1. The number of thiophene rings is 1. The molecule has 1 unspecified atom stereocenters. The zero-order valence-corrected chi connectivity index (χ0v) is 20.2. The van der Waals surface area contributed by atoms with Gasteiger partial charge in [-0.3, -0.25) is 14.9 Å². The van der Waals surface area contributed by atoms with Gasteiger partial charge in [-0.05, 0) is 23.1 Å². The SMILES string of the molecule is CN=C(NCc1cccc2cccnc12)NCC(c1cccs1)N1CCOCC1.I. The Hall–Kier alpha value is -1.75. The highest BCUT2D eigenvalue weighted by Crippen LogP contribution is 2.25. The lowest BCUT2D eigenvalue weighted by Gasteiger charge is -2.34. The number of morpholine rings is 1. The van der Waals surface area contributed by atoms with Crippen LogP contribution in [-0.2, 0) is 11.3 Å². The zero-order valence-electron chi connectivity index (χ0n) is 17.1. The smallest absolute Gasteiger partial charge is 0.191 e. The molecule has 2 N–H and O–H groups in total. The van der Waals surface area contributed by atoms with Crippen LogP contribution in [0.25, 0.3) is 10.9 Å². The molecule has 4 rings (SSSR count). The van der Waals surface area contributed by atoms with Crippen molar-refractivity contribution in [3.05, 3.63) is 64.5 Å². The zero-order chi connectivity index (χ0) is 19.9. The highest BCUT2D eigenvalue weighted by molar-refractivity contribution is 14.0. The summed E-state index contributed by atoms with van der Waals surface area (Å²) in [5, 5.41) is 10.3. The number of nitrogens with zero attached hydrogens (tertiary/aromatic N) is 3. The second kappa shape index (κ2) is 11.6. The Balaban J connectivity index is 0.00000256. The maximum atomic E-state index is 5.54. The second-order valence-corrected chi connectivity index (χ2v) is 7.96. The van der Waals surface area contributed by atoms with Crippen molar-refractivity contribution in [2.45, 2.75) is 12.6 Å². The summed E-state index contributed by atoms with van der Waals surface area (Å²) < 4.78 is 5.54. The number of guanidine groups is 1. The monoisotopic (exact) mass is 537 g/mol. The van der Waals surface area contributed by atoms with E-state index in [-0.39, 0.29) is 24.0 Å². The van der Waals surface area contributed by atoms with Crippen molar-refractivity contribution in [3.8, 4) is 0 Å². The van der Waals surface area contributed by atoms with Crippen molar-refractivity contribution in [2.24, 2.45) is 4.99 Å². The molecule has 0 radical (unpaired) electrons. The minimum atomic E-state index is 0. The van der Waals surface area contributed by atoms with Crippen LogP contribution in [-0.4, -0.2) is 55.7 Å². The molecule has 1 aromatic carbocycles. The highest BCUT2D eigenvalue weighted by atomic mass is 127. The van der Waals surface area contributed by atoms with Crippen molar-refractivity contribution >= 4 is 52.2 Å². The minimum absolute atomic E-state index is 0. The first kappa shape index (κ1) is 22.9. The van der Waals surface area contributed by atoms with Crippen molar-refractivity contribution in [2.75, 3.05) is 39.9 Å². The first-order valence-electron chi connectivity index (χ1n) is 9.97. The molecule has 0 amide bonds. The molecule has 6 nitrogen and oxygen atoms in total. The van der Waals surface area contributed by atoms with E-state index < -0.39 is 0 Å². The van der Waals surface area contributed by atoms with Crippen LogP contribution < -0.4 is 10.6 Å². The first-order chi connectivity index (χ1) is 14.3. The number of para-hydroxylation sites is 1. The predicted octanol–water partition coefficient (Wildman–Crippen LogP) is 3.65. The van der Waals surface area contributed by atoms with E-state index in [9.17, 15) is 0 Å². The molecular weight excluding hydrogens is 509 g/mol. The van der Waals surface area contributed by atoms with Crippen molar-refractivity contribution < 1.29 is 4.74 Å². The molecule has 1 saturated heterocycles. The lowest BCUT2D eigenvalue weighted by Crippen LogP contribution is -2.46. The third-order valence-corrected chi connectivity index (χ3v) is 6.18. The normalized spacial score (nSPS) is 16.1.